The average molecular weight is 657 g/mol. The van der Waals surface area contributed by atoms with Crippen molar-refractivity contribution in [1.29, 1.82) is 0 Å². The van der Waals surface area contributed by atoms with E-state index in [9.17, 15) is 24.6 Å². The number of morpholine rings is 1. The van der Waals surface area contributed by atoms with Crippen molar-refractivity contribution in [3.8, 4) is 0 Å². The van der Waals surface area contributed by atoms with Gasteiger partial charge in [-0.25, -0.2) is 0 Å². The number of carbonyl (C=O) groups is 3. The highest BCUT2D eigenvalue weighted by Gasteiger charge is 2.37. The van der Waals surface area contributed by atoms with Gasteiger partial charge in [-0.3, -0.25) is 19.4 Å². The smallest absolute Gasteiger partial charge is 0.242 e. The molecule has 10 heteroatoms. The molecule has 1 aromatic rings. The van der Waals surface area contributed by atoms with Crippen LogP contribution in [0, 0.1) is 17.8 Å². The predicted molar refractivity (Wildman–Crippen MR) is 181 cm³/mol. The van der Waals surface area contributed by atoms with Crippen LogP contribution in [-0.2, 0) is 25.7 Å². The van der Waals surface area contributed by atoms with Crippen molar-refractivity contribution < 1.29 is 29.3 Å². The summed E-state index contributed by atoms with van der Waals surface area (Å²) in [5.41, 5.74) is 0.696. The van der Waals surface area contributed by atoms with Gasteiger partial charge in [-0.05, 0) is 55.6 Å². The van der Waals surface area contributed by atoms with E-state index in [1.165, 1.54) is 12.8 Å². The summed E-state index contributed by atoms with van der Waals surface area (Å²) in [6, 6.07) is 4.97. The molecule has 1 aliphatic heterocycles. The van der Waals surface area contributed by atoms with Gasteiger partial charge in [0.25, 0.3) is 0 Å². The Kier molecular flexibility index (Phi) is 15.4. The molecule has 2 N–H and O–H groups in total. The molecular formula is C37H60N4O6. The lowest BCUT2D eigenvalue weighted by Gasteiger charge is -2.39. The Morgan fingerprint density at radius 1 is 0.915 bits per heavy atom. The van der Waals surface area contributed by atoms with E-state index >= 15 is 0 Å². The zero-order valence-corrected chi connectivity index (χ0v) is 28.9. The Morgan fingerprint density at radius 2 is 1.55 bits per heavy atom. The maximum atomic E-state index is 14.2. The lowest BCUT2D eigenvalue weighted by molar-refractivity contribution is -0.146. The highest BCUT2D eigenvalue weighted by molar-refractivity contribution is 5.87. The molecule has 2 aliphatic carbocycles. The Labute approximate surface area is 282 Å². The Balaban J connectivity index is 1.51. The third-order valence-corrected chi connectivity index (χ3v) is 10.4. The number of carbonyl (C=O) groups excluding carboxylic acids is 3. The lowest BCUT2D eigenvalue weighted by Crippen LogP contribution is -2.52. The maximum Gasteiger partial charge on any atom is 0.242 e. The van der Waals surface area contributed by atoms with Gasteiger partial charge < -0.3 is 29.6 Å². The normalized spacial score (nSPS) is 20.1. The van der Waals surface area contributed by atoms with Crippen LogP contribution in [0.1, 0.15) is 109 Å². The molecule has 4 rings (SSSR count). The van der Waals surface area contributed by atoms with Gasteiger partial charge in [0.15, 0.2) is 0 Å². The van der Waals surface area contributed by atoms with E-state index in [2.05, 4.69) is 4.98 Å². The van der Waals surface area contributed by atoms with Gasteiger partial charge in [0.05, 0.1) is 44.1 Å². The van der Waals surface area contributed by atoms with E-state index in [1.807, 2.05) is 32.0 Å². The molecule has 1 saturated heterocycles. The van der Waals surface area contributed by atoms with Gasteiger partial charge in [-0.1, -0.05) is 71.3 Å². The Morgan fingerprint density at radius 3 is 2.17 bits per heavy atom. The van der Waals surface area contributed by atoms with Crippen molar-refractivity contribution >= 4 is 17.7 Å². The summed E-state index contributed by atoms with van der Waals surface area (Å²) in [5.74, 6) is 0.398. The molecule has 264 valence electrons. The first-order chi connectivity index (χ1) is 22.7. The fourth-order valence-electron chi connectivity index (χ4n) is 7.68. The summed E-state index contributed by atoms with van der Waals surface area (Å²) in [7, 11) is 0. The molecule has 1 aromatic heterocycles. The molecule has 3 aliphatic rings. The minimum Gasteiger partial charge on any atom is -0.390 e. The molecule has 3 atom stereocenters. The number of pyridine rings is 1. The second-order valence-corrected chi connectivity index (χ2v) is 14.6. The first-order valence-electron chi connectivity index (χ1n) is 18.4. The molecule has 47 heavy (non-hydrogen) atoms. The molecule has 0 spiro atoms. The number of hydrogen-bond donors (Lipinski definition) is 2. The minimum atomic E-state index is -1.11. The summed E-state index contributed by atoms with van der Waals surface area (Å²) >= 11 is 0. The van der Waals surface area contributed by atoms with Crippen LogP contribution in [-0.4, -0.2) is 105 Å². The molecule has 0 aromatic carbocycles. The zero-order chi connectivity index (χ0) is 33.6. The number of amides is 3. The van der Waals surface area contributed by atoms with Crippen LogP contribution in [0.25, 0.3) is 0 Å². The number of ether oxygens (including phenoxy) is 1. The monoisotopic (exact) mass is 656 g/mol. The molecule has 2 saturated carbocycles. The lowest BCUT2D eigenvalue weighted by atomic mass is 9.81. The zero-order valence-electron chi connectivity index (χ0n) is 28.9. The van der Waals surface area contributed by atoms with E-state index in [-0.39, 0.29) is 49.6 Å². The second kappa shape index (κ2) is 19.4. The minimum absolute atomic E-state index is 0.0124. The molecule has 3 fully saturated rings. The molecule has 0 radical (unpaired) electrons. The quantitative estimate of drug-likeness (QED) is 0.267. The van der Waals surface area contributed by atoms with Crippen LogP contribution in [0.3, 0.4) is 0 Å². The van der Waals surface area contributed by atoms with E-state index in [0.717, 1.165) is 51.4 Å². The molecule has 10 nitrogen and oxygen atoms in total. The van der Waals surface area contributed by atoms with Crippen molar-refractivity contribution in [1.82, 2.24) is 19.7 Å². The van der Waals surface area contributed by atoms with Crippen molar-refractivity contribution in [2.45, 2.75) is 129 Å². The molecule has 3 amide bonds. The number of aliphatic hydroxyl groups excluding tert-OH is 2. The van der Waals surface area contributed by atoms with Crippen LogP contribution in [0.5, 0.6) is 0 Å². The number of hydrogen-bond acceptors (Lipinski definition) is 7. The number of rotatable bonds is 16. The van der Waals surface area contributed by atoms with Gasteiger partial charge in [0.2, 0.25) is 17.7 Å². The molecule has 0 bridgehead atoms. The predicted octanol–water partition coefficient (Wildman–Crippen LogP) is 4.57. The summed E-state index contributed by atoms with van der Waals surface area (Å²) in [6.45, 7) is 6.83. The van der Waals surface area contributed by atoms with Gasteiger partial charge in [-0.2, -0.15) is 0 Å². The van der Waals surface area contributed by atoms with Crippen molar-refractivity contribution in [2.24, 2.45) is 17.8 Å². The van der Waals surface area contributed by atoms with Gasteiger partial charge in [0.1, 0.15) is 6.10 Å². The third-order valence-electron chi connectivity index (χ3n) is 10.4. The van der Waals surface area contributed by atoms with Crippen LogP contribution < -0.4 is 0 Å². The largest absolute Gasteiger partial charge is 0.390 e. The fourth-order valence-corrected chi connectivity index (χ4v) is 7.68. The topological polar surface area (TPSA) is 124 Å². The van der Waals surface area contributed by atoms with E-state index in [0.29, 0.717) is 63.2 Å². The summed E-state index contributed by atoms with van der Waals surface area (Å²) in [4.78, 5) is 50.9. The summed E-state index contributed by atoms with van der Waals surface area (Å²) < 4.78 is 5.42. The molecular weight excluding hydrogens is 596 g/mol. The van der Waals surface area contributed by atoms with Crippen molar-refractivity contribution in [3.63, 3.8) is 0 Å². The standard InChI is InChI=1S/C37H60N4O6/c1-28(2)23-33(42)37(46)32(24-29-11-5-3-6-12-29)41(26-31-15-9-10-18-38-31)35(44)17-16-34(43)40(25-30-13-7-4-8-14-30)27-36(45)39-19-21-47-22-20-39/h9-10,15,18,28-30,32-33,37,42,46H,3-8,11-14,16-17,19-27H2,1-2H3/t32-,33-,37+/m0/s1. The Hall–Kier alpha value is -2.56. The number of aliphatic hydroxyl groups is 2. The van der Waals surface area contributed by atoms with Gasteiger partial charge in [0, 0.05) is 38.7 Å². The second-order valence-electron chi connectivity index (χ2n) is 14.6. The third kappa shape index (κ3) is 12.1. The maximum absolute atomic E-state index is 14.2. The van der Waals surface area contributed by atoms with Crippen LogP contribution in [0.15, 0.2) is 24.4 Å². The van der Waals surface area contributed by atoms with E-state index in [1.54, 1.807) is 20.9 Å². The highest BCUT2D eigenvalue weighted by atomic mass is 16.5. The Bertz CT molecular complexity index is 1090. The number of nitrogens with zero attached hydrogens (tertiary/aromatic N) is 4. The van der Waals surface area contributed by atoms with Crippen LogP contribution >= 0.6 is 0 Å². The SMILES string of the molecule is CC(C)C[C@H](O)[C@H](O)[C@H](CC1CCCCC1)N(Cc1ccccn1)C(=O)CCC(=O)N(CC(=O)N1CCOCC1)CC1CCCCC1. The fraction of sp³-hybridized carbons (Fsp3) is 0.784. The van der Waals surface area contributed by atoms with Gasteiger partial charge >= 0.3 is 0 Å². The summed E-state index contributed by atoms with van der Waals surface area (Å²) in [5, 5.41) is 22.7. The molecule has 2 heterocycles. The van der Waals surface area contributed by atoms with Gasteiger partial charge in [-0.15, -0.1) is 0 Å². The van der Waals surface area contributed by atoms with Crippen LogP contribution in [0.2, 0.25) is 0 Å². The van der Waals surface area contributed by atoms with E-state index in [4.69, 9.17) is 4.74 Å². The van der Waals surface area contributed by atoms with Crippen molar-refractivity contribution in [3.05, 3.63) is 30.1 Å². The average Bonchev–Trinajstić information content (AvgIpc) is 3.09. The van der Waals surface area contributed by atoms with Crippen LogP contribution in [0.4, 0.5) is 0 Å². The van der Waals surface area contributed by atoms with Crippen molar-refractivity contribution in [2.75, 3.05) is 39.4 Å². The van der Waals surface area contributed by atoms with E-state index < -0.39 is 18.2 Å². The first-order valence-corrected chi connectivity index (χ1v) is 18.4. The molecule has 0 unspecified atom stereocenters. The highest BCUT2D eigenvalue weighted by Crippen LogP contribution is 2.32. The first kappa shape index (κ1) is 37.3. The number of aromatic nitrogens is 1. The summed E-state index contributed by atoms with van der Waals surface area (Å²) in [6.07, 6.45) is 11.7.